The Kier molecular flexibility index (Phi) is 3.54. The van der Waals surface area contributed by atoms with E-state index in [9.17, 15) is 0 Å². The van der Waals surface area contributed by atoms with Crippen LogP contribution in [0.1, 0.15) is 13.8 Å². The number of fused-ring (bicyclic) bond motifs is 1. The number of hydrogen-bond donors (Lipinski definition) is 1. The van der Waals surface area contributed by atoms with Crippen molar-refractivity contribution in [2.45, 2.75) is 25.6 Å². The van der Waals surface area contributed by atoms with Crippen molar-refractivity contribution in [2.75, 3.05) is 19.7 Å². The third-order valence-electron chi connectivity index (χ3n) is 3.34. The molecule has 1 aromatic heterocycles. The molecule has 1 unspecified atom stereocenters. The lowest BCUT2D eigenvalue weighted by Gasteiger charge is -2.36. The van der Waals surface area contributed by atoms with Crippen LogP contribution in [0.25, 0.3) is 10.9 Å². The Bertz CT molecular complexity index is 595. The molecule has 1 atom stereocenters. The number of benzene rings is 1. The van der Waals surface area contributed by atoms with Gasteiger partial charge in [0, 0.05) is 18.5 Å². The van der Waals surface area contributed by atoms with Gasteiger partial charge in [0.25, 0.3) is 0 Å². The zero-order valence-electron chi connectivity index (χ0n) is 11.8. The standard InChI is InChI=1S/C15H19N3O2/c1-15(2)10-16-7-11(20-15)9-19-14-8-17-18-13-6-4-3-5-12(13)14/h3-6,8,11,16H,7,9-10H2,1-2H3. The first kappa shape index (κ1) is 13.3. The number of rotatable bonds is 3. The maximum absolute atomic E-state index is 5.98. The van der Waals surface area contributed by atoms with Gasteiger partial charge in [0.1, 0.15) is 18.5 Å². The van der Waals surface area contributed by atoms with E-state index in [0.717, 1.165) is 29.7 Å². The van der Waals surface area contributed by atoms with Crippen molar-refractivity contribution in [3.05, 3.63) is 30.5 Å². The quantitative estimate of drug-likeness (QED) is 0.923. The predicted octanol–water partition coefficient (Wildman–Crippen LogP) is 1.78. The van der Waals surface area contributed by atoms with Gasteiger partial charge in [-0.1, -0.05) is 12.1 Å². The summed E-state index contributed by atoms with van der Waals surface area (Å²) >= 11 is 0. The lowest BCUT2D eigenvalue weighted by atomic mass is 10.1. The molecule has 0 spiro atoms. The van der Waals surface area contributed by atoms with Crippen LogP contribution < -0.4 is 10.1 Å². The Morgan fingerprint density at radius 2 is 2.25 bits per heavy atom. The lowest BCUT2D eigenvalue weighted by Crippen LogP contribution is -2.52. The van der Waals surface area contributed by atoms with Gasteiger partial charge in [-0.05, 0) is 26.0 Å². The molecule has 1 aromatic carbocycles. The van der Waals surface area contributed by atoms with Crippen molar-refractivity contribution in [2.24, 2.45) is 0 Å². The Hall–Kier alpha value is -1.72. The summed E-state index contributed by atoms with van der Waals surface area (Å²) in [5.41, 5.74) is 0.693. The summed E-state index contributed by atoms with van der Waals surface area (Å²) in [7, 11) is 0. The Morgan fingerprint density at radius 3 is 3.10 bits per heavy atom. The zero-order chi connectivity index (χ0) is 14.0. The van der Waals surface area contributed by atoms with Gasteiger partial charge in [-0.3, -0.25) is 0 Å². The first-order chi connectivity index (χ1) is 9.64. The second kappa shape index (κ2) is 5.34. The topological polar surface area (TPSA) is 56.3 Å². The zero-order valence-corrected chi connectivity index (χ0v) is 11.8. The van der Waals surface area contributed by atoms with E-state index < -0.39 is 0 Å². The molecule has 1 aliphatic heterocycles. The maximum Gasteiger partial charge on any atom is 0.149 e. The molecule has 5 heteroatoms. The third-order valence-corrected chi connectivity index (χ3v) is 3.34. The normalized spacial score (nSPS) is 21.8. The summed E-state index contributed by atoms with van der Waals surface area (Å²) in [5, 5.41) is 12.4. The molecule has 0 aliphatic carbocycles. The fraction of sp³-hybridized carbons (Fsp3) is 0.467. The van der Waals surface area contributed by atoms with Crippen LogP contribution in [-0.2, 0) is 4.74 Å². The third kappa shape index (κ3) is 2.89. The molecule has 106 valence electrons. The molecule has 1 fully saturated rings. The van der Waals surface area contributed by atoms with Crippen LogP contribution in [0.3, 0.4) is 0 Å². The summed E-state index contributed by atoms with van der Waals surface area (Å²) < 4.78 is 11.9. The average molecular weight is 273 g/mol. The van der Waals surface area contributed by atoms with E-state index in [1.807, 2.05) is 24.3 Å². The molecular weight excluding hydrogens is 254 g/mol. The number of nitrogens with zero attached hydrogens (tertiary/aromatic N) is 2. The second-order valence-electron chi connectivity index (χ2n) is 5.67. The summed E-state index contributed by atoms with van der Waals surface area (Å²) in [5.74, 6) is 0.752. The van der Waals surface area contributed by atoms with E-state index in [1.54, 1.807) is 6.20 Å². The van der Waals surface area contributed by atoms with Gasteiger partial charge < -0.3 is 14.8 Å². The number of morpholine rings is 1. The molecular formula is C15H19N3O2. The molecule has 1 aliphatic rings. The van der Waals surface area contributed by atoms with Crippen LogP contribution >= 0.6 is 0 Å². The van der Waals surface area contributed by atoms with Crippen molar-refractivity contribution < 1.29 is 9.47 Å². The van der Waals surface area contributed by atoms with Crippen LogP contribution in [0.4, 0.5) is 0 Å². The van der Waals surface area contributed by atoms with E-state index in [4.69, 9.17) is 9.47 Å². The van der Waals surface area contributed by atoms with Crippen LogP contribution in [0.15, 0.2) is 30.5 Å². The minimum Gasteiger partial charge on any atom is -0.488 e. The highest BCUT2D eigenvalue weighted by molar-refractivity contribution is 5.83. The molecule has 3 rings (SSSR count). The van der Waals surface area contributed by atoms with Crippen molar-refractivity contribution in [3.63, 3.8) is 0 Å². The number of hydrogen-bond acceptors (Lipinski definition) is 5. The van der Waals surface area contributed by atoms with Crippen molar-refractivity contribution >= 4 is 10.9 Å². The predicted molar refractivity (Wildman–Crippen MR) is 76.9 cm³/mol. The largest absolute Gasteiger partial charge is 0.488 e. The average Bonchev–Trinajstić information content (AvgIpc) is 2.44. The molecule has 2 aromatic rings. The molecule has 1 saturated heterocycles. The van der Waals surface area contributed by atoms with Gasteiger partial charge in [-0.25, -0.2) is 0 Å². The summed E-state index contributed by atoms with van der Waals surface area (Å²) in [6.45, 7) is 6.33. The minimum absolute atomic E-state index is 0.0469. The Balaban J connectivity index is 1.71. The first-order valence-electron chi connectivity index (χ1n) is 6.86. The summed E-state index contributed by atoms with van der Waals surface area (Å²) in [6.07, 6.45) is 1.70. The highest BCUT2D eigenvalue weighted by atomic mass is 16.5. The maximum atomic E-state index is 5.98. The van der Waals surface area contributed by atoms with Gasteiger partial charge in [0.05, 0.1) is 17.3 Å². The molecule has 20 heavy (non-hydrogen) atoms. The summed E-state index contributed by atoms with van der Waals surface area (Å²) in [6, 6.07) is 7.83. The molecule has 0 bridgehead atoms. The highest BCUT2D eigenvalue weighted by Crippen LogP contribution is 2.23. The van der Waals surface area contributed by atoms with E-state index >= 15 is 0 Å². The van der Waals surface area contributed by atoms with Gasteiger partial charge >= 0.3 is 0 Å². The van der Waals surface area contributed by atoms with Gasteiger partial charge in [0.15, 0.2) is 0 Å². The van der Waals surface area contributed by atoms with Gasteiger partial charge in [0.2, 0.25) is 0 Å². The lowest BCUT2D eigenvalue weighted by molar-refractivity contribution is -0.106. The number of ether oxygens (including phenoxy) is 2. The van der Waals surface area contributed by atoms with Crippen LogP contribution in [0.2, 0.25) is 0 Å². The number of nitrogens with one attached hydrogen (secondary N) is 1. The minimum atomic E-state index is -0.148. The van der Waals surface area contributed by atoms with E-state index in [0.29, 0.717) is 6.61 Å². The van der Waals surface area contributed by atoms with Crippen LogP contribution in [-0.4, -0.2) is 41.6 Å². The van der Waals surface area contributed by atoms with E-state index in [1.165, 1.54) is 0 Å². The fourth-order valence-electron chi connectivity index (χ4n) is 2.44. The molecule has 5 nitrogen and oxygen atoms in total. The van der Waals surface area contributed by atoms with Crippen molar-refractivity contribution in [3.8, 4) is 5.75 Å². The molecule has 0 radical (unpaired) electrons. The van der Waals surface area contributed by atoms with Gasteiger partial charge in [-0.15, -0.1) is 0 Å². The van der Waals surface area contributed by atoms with E-state index in [-0.39, 0.29) is 11.7 Å². The first-order valence-corrected chi connectivity index (χ1v) is 6.86. The van der Waals surface area contributed by atoms with Gasteiger partial charge in [-0.2, -0.15) is 10.2 Å². The SMILES string of the molecule is CC1(C)CNCC(COc2cnnc3ccccc23)O1. The smallest absolute Gasteiger partial charge is 0.149 e. The van der Waals surface area contributed by atoms with Crippen molar-refractivity contribution in [1.29, 1.82) is 0 Å². The monoisotopic (exact) mass is 273 g/mol. The number of aromatic nitrogens is 2. The summed E-state index contributed by atoms with van der Waals surface area (Å²) in [4.78, 5) is 0. The molecule has 1 N–H and O–H groups in total. The second-order valence-corrected chi connectivity index (χ2v) is 5.67. The van der Waals surface area contributed by atoms with Crippen molar-refractivity contribution in [1.82, 2.24) is 15.5 Å². The fourth-order valence-corrected chi connectivity index (χ4v) is 2.44. The van der Waals surface area contributed by atoms with Crippen LogP contribution in [0, 0.1) is 0 Å². The van der Waals surface area contributed by atoms with E-state index in [2.05, 4.69) is 29.4 Å². The Morgan fingerprint density at radius 1 is 1.40 bits per heavy atom. The highest BCUT2D eigenvalue weighted by Gasteiger charge is 2.28. The molecule has 0 saturated carbocycles. The van der Waals surface area contributed by atoms with Crippen LogP contribution in [0.5, 0.6) is 5.75 Å². The molecule has 0 amide bonds. The Labute approximate surface area is 118 Å². The molecule has 2 heterocycles.